The maximum Gasteiger partial charge on any atom is 0.151 e. The summed E-state index contributed by atoms with van der Waals surface area (Å²) in [4.78, 5) is 1.87. The predicted octanol–water partition coefficient (Wildman–Crippen LogP) is -1.79. The van der Waals surface area contributed by atoms with Gasteiger partial charge in [-0.15, -0.1) is 0 Å². The molecule has 2 aliphatic rings. The fourth-order valence-electron chi connectivity index (χ4n) is 2.16. The summed E-state index contributed by atoms with van der Waals surface area (Å²) in [6.07, 6.45) is -0.821. The van der Waals surface area contributed by atoms with E-state index in [-0.39, 0.29) is 17.5 Å². The number of rotatable bonds is 1. The topological polar surface area (TPSA) is 77.8 Å². The molecule has 2 fully saturated rings. The van der Waals surface area contributed by atoms with Gasteiger partial charge in [0.25, 0.3) is 0 Å². The second-order valence-electron chi connectivity index (χ2n) is 4.15. The largest absolute Gasteiger partial charge is 0.389 e. The Morgan fingerprint density at radius 1 is 1.14 bits per heavy atom. The van der Waals surface area contributed by atoms with Crippen LogP contribution in [0.15, 0.2) is 0 Å². The molecule has 2 heterocycles. The lowest BCUT2D eigenvalue weighted by molar-refractivity contribution is 0.0572. The van der Waals surface area contributed by atoms with E-state index in [1.807, 2.05) is 4.90 Å². The van der Waals surface area contributed by atoms with Crippen LogP contribution in [0.4, 0.5) is 0 Å². The number of likely N-dealkylation sites (tertiary alicyclic amines) is 1. The van der Waals surface area contributed by atoms with Crippen molar-refractivity contribution in [2.45, 2.75) is 24.7 Å². The summed E-state index contributed by atoms with van der Waals surface area (Å²) in [5.41, 5.74) is 0. The van der Waals surface area contributed by atoms with Gasteiger partial charge in [0.05, 0.1) is 23.7 Å². The van der Waals surface area contributed by atoms with Gasteiger partial charge in [0.1, 0.15) is 0 Å². The molecule has 0 saturated carbocycles. The van der Waals surface area contributed by atoms with Crippen molar-refractivity contribution in [1.29, 1.82) is 0 Å². The van der Waals surface area contributed by atoms with Crippen molar-refractivity contribution in [2.24, 2.45) is 0 Å². The maximum atomic E-state index is 11.2. The van der Waals surface area contributed by atoms with Crippen LogP contribution in [-0.4, -0.2) is 66.4 Å². The van der Waals surface area contributed by atoms with Crippen molar-refractivity contribution in [1.82, 2.24) is 4.90 Å². The highest BCUT2D eigenvalue weighted by Gasteiger charge is 2.38. The summed E-state index contributed by atoms with van der Waals surface area (Å²) >= 11 is 0. The SMILES string of the molecule is O=S1(=O)CCC(N2C[C@@H](O)[C@@H](O)C2)C1. The summed E-state index contributed by atoms with van der Waals surface area (Å²) in [5, 5.41) is 18.6. The van der Waals surface area contributed by atoms with E-state index in [0.29, 0.717) is 19.5 Å². The Bertz CT molecular complexity index is 305. The van der Waals surface area contributed by atoms with Crippen molar-refractivity contribution in [3.8, 4) is 0 Å². The van der Waals surface area contributed by atoms with Gasteiger partial charge in [-0.25, -0.2) is 8.42 Å². The third-order valence-corrected chi connectivity index (χ3v) is 4.76. The van der Waals surface area contributed by atoms with Gasteiger partial charge in [0.15, 0.2) is 9.84 Å². The minimum atomic E-state index is -2.87. The first-order valence-corrected chi connectivity index (χ1v) is 6.61. The van der Waals surface area contributed by atoms with Crippen LogP contribution in [0.3, 0.4) is 0 Å². The van der Waals surface area contributed by atoms with E-state index in [1.165, 1.54) is 0 Å². The number of hydrogen-bond acceptors (Lipinski definition) is 5. The minimum Gasteiger partial charge on any atom is -0.389 e. The zero-order valence-corrected chi connectivity index (χ0v) is 8.65. The van der Waals surface area contributed by atoms with Crippen LogP contribution in [0.2, 0.25) is 0 Å². The molecule has 0 aromatic carbocycles. The average Bonchev–Trinajstić information content (AvgIpc) is 2.57. The Morgan fingerprint density at radius 3 is 2.14 bits per heavy atom. The lowest BCUT2D eigenvalue weighted by Gasteiger charge is -2.21. The second kappa shape index (κ2) is 3.44. The van der Waals surface area contributed by atoms with E-state index >= 15 is 0 Å². The lowest BCUT2D eigenvalue weighted by atomic mass is 10.2. The molecule has 3 atom stereocenters. The van der Waals surface area contributed by atoms with Crippen molar-refractivity contribution in [3.63, 3.8) is 0 Å². The molecule has 0 aromatic heterocycles. The molecule has 0 bridgehead atoms. The Kier molecular flexibility index (Phi) is 2.55. The van der Waals surface area contributed by atoms with E-state index in [9.17, 15) is 18.6 Å². The van der Waals surface area contributed by atoms with Crippen LogP contribution in [-0.2, 0) is 9.84 Å². The number of β-amino-alcohol motifs (C(OH)–C–C–N with tert-alkyl or cyclic N) is 2. The molecule has 2 N–H and O–H groups in total. The molecule has 6 heteroatoms. The third kappa shape index (κ3) is 1.93. The Hall–Kier alpha value is -0.170. The number of nitrogens with zero attached hydrogens (tertiary/aromatic N) is 1. The molecule has 0 radical (unpaired) electrons. The minimum absolute atomic E-state index is 0.00759. The molecule has 82 valence electrons. The molecule has 0 aromatic rings. The first-order chi connectivity index (χ1) is 6.48. The maximum absolute atomic E-state index is 11.2. The fourth-order valence-corrected chi connectivity index (χ4v) is 3.92. The summed E-state index contributed by atoms with van der Waals surface area (Å²) < 4.78 is 22.4. The fraction of sp³-hybridized carbons (Fsp3) is 1.00. The summed E-state index contributed by atoms with van der Waals surface area (Å²) in [7, 11) is -2.87. The molecule has 2 saturated heterocycles. The summed E-state index contributed by atoms with van der Waals surface area (Å²) in [6, 6.07) is -0.00759. The van der Waals surface area contributed by atoms with E-state index < -0.39 is 22.0 Å². The average molecular weight is 221 g/mol. The standard InChI is InChI=1S/C8H15NO4S/c10-7-3-9(4-8(7)11)6-1-2-14(12,13)5-6/h6-8,10-11H,1-5H2/t6?,7-,8+. The Balaban J connectivity index is 1.99. The molecule has 0 aliphatic carbocycles. The molecular formula is C8H15NO4S. The van der Waals surface area contributed by atoms with Gasteiger partial charge in [0.2, 0.25) is 0 Å². The predicted molar refractivity (Wildman–Crippen MR) is 50.6 cm³/mol. The highest BCUT2D eigenvalue weighted by Crippen LogP contribution is 2.22. The van der Waals surface area contributed by atoms with E-state index in [1.54, 1.807) is 0 Å². The monoisotopic (exact) mass is 221 g/mol. The van der Waals surface area contributed by atoms with Gasteiger partial charge in [-0.1, -0.05) is 0 Å². The van der Waals surface area contributed by atoms with Gasteiger partial charge < -0.3 is 10.2 Å². The van der Waals surface area contributed by atoms with Crippen molar-refractivity contribution in [2.75, 3.05) is 24.6 Å². The number of hydrogen-bond donors (Lipinski definition) is 2. The zero-order chi connectivity index (χ0) is 10.3. The molecule has 14 heavy (non-hydrogen) atoms. The van der Waals surface area contributed by atoms with Crippen LogP contribution < -0.4 is 0 Å². The first-order valence-electron chi connectivity index (χ1n) is 4.78. The van der Waals surface area contributed by atoms with Gasteiger partial charge in [0, 0.05) is 19.1 Å². The molecule has 2 aliphatic heterocycles. The second-order valence-corrected chi connectivity index (χ2v) is 6.37. The van der Waals surface area contributed by atoms with E-state index in [4.69, 9.17) is 0 Å². The highest BCUT2D eigenvalue weighted by atomic mass is 32.2. The Morgan fingerprint density at radius 2 is 1.71 bits per heavy atom. The lowest BCUT2D eigenvalue weighted by Crippen LogP contribution is -2.35. The quantitative estimate of drug-likeness (QED) is 0.547. The highest BCUT2D eigenvalue weighted by molar-refractivity contribution is 7.91. The van der Waals surface area contributed by atoms with Gasteiger partial charge in [-0.2, -0.15) is 0 Å². The summed E-state index contributed by atoms with van der Waals surface area (Å²) in [6.45, 7) is 0.780. The van der Waals surface area contributed by atoms with Crippen LogP contribution in [0.5, 0.6) is 0 Å². The van der Waals surface area contributed by atoms with Crippen LogP contribution in [0.1, 0.15) is 6.42 Å². The van der Waals surface area contributed by atoms with Gasteiger partial charge >= 0.3 is 0 Å². The summed E-state index contributed by atoms with van der Waals surface area (Å²) in [5.74, 6) is 0.410. The smallest absolute Gasteiger partial charge is 0.151 e. The van der Waals surface area contributed by atoms with Crippen molar-refractivity contribution < 1.29 is 18.6 Å². The molecule has 0 amide bonds. The van der Waals surface area contributed by atoms with Crippen LogP contribution >= 0.6 is 0 Å². The number of sulfone groups is 1. The van der Waals surface area contributed by atoms with Crippen LogP contribution in [0, 0.1) is 0 Å². The van der Waals surface area contributed by atoms with Crippen molar-refractivity contribution >= 4 is 9.84 Å². The van der Waals surface area contributed by atoms with E-state index in [2.05, 4.69) is 0 Å². The molecule has 5 nitrogen and oxygen atoms in total. The van der Waals surface area contributed by atoms with Gasteiger partial charge in [-0.05, 0) is 6.42 Å². The molecular weight excluding hydrogens is 206 g/mol. The first kappa shape index (κ1) is 10.4. The third-order valence-electron chi connectivity index (χ3n) is 3.01. The normalized spacial score (nSPS) is 43.1. The Labute approximate surface area is 83.3 Å². The van der Waals surface area contributed by atoms with E-state index in [0.717, 1.165) is 0 Å². The molecule has 2 rings (SSSR count). The van der Waals surface area contributed by atoms with Gasteiger partial charge in [-0.3, -0.25) is 4.90 Å². The van der Waals surface area contributed by atoms with Crippen LogP contribution in [0.25, 0.3) is 0 Å². The van der Waals surface area contributed by atoms with Crippen molar-refractivity contribution in [3.05, 3.63) is 0 Å². The zero-order valence-electron chi connectivity index (χ0n) is 7.83. The molecule has 0 spiro atoms. The molecule has 1 unspecified atom stereocenters. The number of aliphatic hydroxyl groups is 2. The number of aliphatic hydroxyl groups excluding tert-OH is 2.